The van der Waals surface area contributed by atoms with E-state index in [-0.39, 0.29) is 6.10 Å². The molecular formula is C20H26ClN9O. The number of β-amino-alcohol motifs (C(OH)–C–C–N with tert-alkyl or cyclic N) is 1. The van der Waals surface area contributed by atoms with Crippen LogP contribution >= 0.6 is 11.6 Å². The van der Waals surface area contributed by atoms with Gasteiger partial charge in [0.1, 0.15) is 0 Å². The molecule has 1 saturated heterocycles. The number of anilines is 4. The molecular weight excluding hydrogens is 418 g/mol. The summed E-state index contributed by atoms with van der Waals surface area (Å²) in [6, 6.07) is 4.28. The first-order chi connectivity index (χ1) is 15.1. The van der Waals surface area contributed by atoms with E-state index in [0.717, 1.165) is 36.3 Å². The zero-order chi connectivity index (χ0) is 21.5. The number of imidazole rings is 1. The molecule has 0 amide bonds. The molecule has 1 aliphatic carbocycles. The number of benzene rings is 1. The molecule has 2 aliphatic rings. The summed E-state index contributed by atoms with van der Waals surface area (Å²) < 4.78 is 1.71. The van der Waals surface area contributed by atoms with Crippen LogP contribution in [0.1, 0.15) is 30.5 Å². The van der Waals surface area contributed by atoms with Crippen LogP contribution in [-0.4, -0.2) is 49.9 Å². The second-order valence-corrected chi connectivity index (χ2v) is 8.46. The summed E-state index contributed by atoms with van der Waals surface area (Å²) in [5.41, 5.74) is 15.7. The highest BCUT2D eigenvalue weighted by atomic mass is 35.5. The molecule has 3 heterocycles. The number of aliphatic hydroxyl groups is 1. The Morgan fingerprint density at radius 3 is 2.71 bits per heavy atom. The number of hydrogen-bond donors (Lipinski definition) is 5. The Labute approximate surface area is 184 Å². The first-order valence-corrected chi connectivity index (χ1v) is 10.9. The van der Waals surface area contributed by atoms with Crippen molar-refractivity contribution in [1.29, 1.82) is 0 Å². The molecule has 164 valence electrons. The molecule has 11 heteroatoms. The third-order valence-electron chi connectivity index (χ3n) is 5.66. The summed E-state index contributed by atoms with van der Waals surface area (Å²) in [4.78, 5) is 11.2. The van der Waals surface area contributed by atoms with E-state index >= 15 is 0 Å². The molecule has 31 heavy (non-hydrogen) atoms. The standard InChI is InChI=1S/C20H26ClN9O/c21-17-15(5-11(7-22)6-16(17)29-4-3-14(31)10-29)26-20-27-18(25-12-1-2-12)19-24-9-13(8-23)30(19)28-20/h5-6,9,12,14,31H,1-4,7-8,10,22-23H2,(H2,25,26,27,28). The lowest BCUT2D eigenvalue weighted by molar-refractivity contribution is 0.198. The van der Waals surface area contributed by atoms with E-state index in [0.29, 0.717) is 60.2 Å². The Morgan fingerprint density at radius 1 is 1.19 bits per heavy atom. The smallest absolute Gasteiger partial charge is 0.247 e. The Bertz CT molecular complexity index is 1110. The molecule has 1 saturated carbocycles. The molecule has 2 aromatic heterocycles. The Morgan fingerprint density at radius 2 is 2.03 bits per heavy atom. The molecule has 7 N–H and O–H groups in total. The van der Waals surface area contributed by atoms with E-state index in [9.17, 15) is 5.11 Å². The van der Waals surface area contributed by atoms with Gasteiger partial charge in [0.15, 0.2) is 11.5 Å². The lowest BCUT2D eigenvalue weighted by atomic mass is 10.1. The number of aliphatic hydroxyl groups excluding tert-OH is 1. The predicted octanol–water partition coefficient (Wildman–Crippen LogP) is 1.58. The molecule has 1 aliphatic heterocycles. The second-order valence-electron chi connectivity index (χ2n) is 8.09. The van der Waals surface area contributed by atoms with Crippen molar-refractivity contribution in [3.05, 3.63) is 34.6 Å². The first kappa shape index (κ1) is 20.3. The van der Waals surface area contributed by atoms with Crippen molar-refractivity contribution in [2.24, 2.45) is 11.5 Å². The van der Waals surface area contributed by atoms with Gasteiger partial charge in [-0.1, -0.05) is 11.6 Å². The SMILES string of the molecule is NCc1cc(Nc2nc(NC3CC3)c3ncc(CN)n3n2)c(Cl)c(N2CCC(O)C2)c1. The maximum atomic E-state index is 9.95. The number of fused-ring (bicyclic) bond motifs is 1. The second kappa shape index (κ2) is 8.12. The summed E-state index contributed by atoms with van der Waals surface area (Å²) in [6.07, 6.45) is 4.29. The van der Waals surface area contributed by atoms with Crippen LogP contribution in [0.3, 0.4) is 0 Å². The largest absolute Gasteiger partial charge is 0.391 e. The van der Waals surface area contributed by atoms with Crippen molar-refractivity contribution < 1.29 is 5.11 Å². The summed E-state index contributed by atoms with van der Waals surface area (Å²) in [5.74, 6) is 1.04. The molecule has 0 spiro atoms. The average molecular weight is 444 g/mol. The average Bonchev–Trinajstić information content (AvgIpc) is 3.31. The normalized spacial score (nSPS) is 18.7. The van der Waals surface area contributed by atoms with Crippen molar-refractivity contribution in [3.8, 4) is 0 Å². The van der Waals surface area contributed by atoms with Gasteiger partial charge >= 0.3 is 0 Å². The van der Waals surface area contributed by atoms with Gasteiger partial charge in [0, 0.05) is 32.2 Å². The van der Waals surface area contributed by atoms with Gasteiger partial charge in [-0.2, -0.15) is 4.98 Å². The number of rotatable bonds is 7. The third kappa shape index (κ3) is 3.99. The van der Waals surface area contributed by atoms with Crippen molar-refractivity contribution in [3.63, 3.8) is 0 Å². The molecule has 0 bridgehead atoms. The Kier molecular flexibility index (Phi) is 5.30. The van der Waals surface area contributed by atoms with Gasteiger partial charge in [-0.15, -0.1) is 5.10 Å². The number of hydrogen-bond acceptors (Lipinski definition) is 9. The van der Waals surface area contributed by atoms with Crippen LogP contribution in [0.2, 0.25) is 5.02 Å². The van der Waals surface area contributed by atoms with Crippen LogP contribution in [0.5, 0.6) is 0 Å². The molecule has 2 fully saturated rings. The predicted molar refractivity (Wildman–Crippen MR) is 121 cm³/mol. The van der Waals surface area contributed by atoms with Crippen LogP contribution in [0.4, 0.5) is 23.1 Å². The van der Waals surface area contributed by atoms with Gasteiger partial charge in [-0.25, -0.2) is 9.50 Å². The quantitative estimate of drug-likeness (QED) is 0.367. The van der Waals surface area contributed by atoms with Gasteiger partial charge in [0.25, 0.3) is 0 Å². The maximum Gasteiger partial charge on any atom is 0.247 e. The van der Waals surface area contributed by atoms with Crippen LogP contribution < -0.4 is 27.0 Å². The zero-order valence-electron chi connectivity index (χ0n) is 17.1. The van der Waals surface area contributed by atoms with Crippen LogP contribution in [-0.2, 0) is 13.1 Å². The van der Waals surface area contributed by atoms with Gasteiger partial charge < -0.3 is 32.1 Å². The molecule has 1 atom stereocenters. The summed E-state index contributed by atoms with van der Waals surface area (Å²) >= 11 is 6.77. The fourth-order valence-electron chi connectivity index (χ4n) is 3.82. The monoisotopic (exact) mass is 443 g/mol. The van der Waals surface area contributed by atoms with E-state index in [1.165, 1.54) is 0 Å². The summed E-state index contributed by atoms with van der Waals surface area (Å²) in [7, 11) is 0. The Hall–Kier alpha value is -2.66. The van der Waals surface area contributed by atoms with Crippen molar-refractivity contribution in [2.75, 3.05) is 28.6 Å². The van der Waals surface area contributed by atoms with Crippen LogP contribution in [0.15, 0.2) is 18.3 Å². The molecule has 5 rings (SSSR count). The van der Waals surface area contributed by atoms with Crippen molar-refractivity contribution >= 4 is 40.4 Å². The number of halogens is 1. The zero-order valence-corrected chi connectivity index (χ0v) is 17.8. The van der Waals surface area contributed by atoms with Crippen molar-refractivity contribution in [2.45, 2.75) is 44.5 Å². The lowest BCUT2D eigenvalue weighted by Crippen LogP contribution is -2.22. The third-order valence-corrected chi connectivity index (χ3v) is 6.06. The highest BCUT2D eigenvalue weighted by molar-refractivity contribution is 6.36. The van der Waals surface area contributed by atoms with E-state index in [4.69, 9.17) is 23.1 Å². The van der Waals surface area contributed by atoms with E-state index in [1.807, 2.05) is 12.1 Å². The minimum atomic E-state index is -0.355. The van der Waals surface area contributed by atoms with E-state index in [2.05, 4.69) is 30.6 Å². The van der Waals surface area contributed by atoms with Crippen LogP contribution in [0, 0.1) is 0 Å². The highest BCUT2D eigenvalue weighted by Gasteiger charge is 2.26. The number of nitrogens with two attached hydrogens (primary N) is 2. The minimum absolute atomic E-state index is 0.311. The molecule has 0 radical (unpaired) electrons. The fraction of sp³-hybridized carbons (Fsp3) is 0.450. The van der Waals surface area contributed by atoms with Crippen molar-refractivity contribution in [1.82, 2.24) is 19.6 Å². The lowest BCUT2D eigenvalue weighted by Gasteiger charge is -2.22. The van der Waals surface area contributed by atoms with E-state index in [1.54, 1.807) is 10.7 Å². The first-order valence-electron chi connectivity index (χ1n) is 10.5. The van der Waals surface area contributed by atoms with Gasteiger partial charge in [0.05, 0.1) is 34.4 Å². The maximum absolute atomic E-state index is 9.95. The number of nitrogens with one attached hydrogen (secondary N) is 2. The molecule has 1 unspecified atom stereocenters. The van der Waals surface area contributed by atoms with Crippen LogP contribution in [0.25, 0.3) is 5.65 Å². The molecule has 3 aromatic rings. The topological polar surface area (TPSA) is 143 Å². The molecule has 10 nitrogen and oxygen atoms in total. The number of nitrogens with zero attached hydrogens (tertiary/aromatic N) is 5. The van der Waals surface area contributed by atoms with Gasteiger partial charge in [0.2, 0.25) is 5.95 Å². The fourth-order valence-corrected chi connectivity index (χ4v) is 4.10. The molecule has 1 aromatic carbocycles. The van der Waals surface area contributed by atoms with Gasteiger partial charge in [-0.3, -0.25) is 0 Å². The minimum Gasteiger partial charge on any atom is -0.391 e. The summed E-state index contributed by atoms with van der Waals surface area (Å²) in [5, 5.41) is 21.8. The van der Waals surface area contributed by atoms with E-state index < -0.39 is 0 Å². The summed E-state index contributed by atoms with van der Waals surface area (Å²) in [6.45, 7) is 1.95. The van der Waals surface area contributed by atoms with Gasteiger partial charge in [-0.05, 0) is 37.0 Å². The Balaban J connectivity index is 1.54. The number of aromatic nitrogens is 4. The highest BCUT2D eigenvalue weighted by Crippen LogP contribution is 2.37.